The van der Waals surface area contributed by atoms with E-state index in [2.05, 4.69) is 10.3 Å². The number of hydrogen-bond acceptors (Lipinski definition) is 5. The number of rotatable bonds is 4. The number of anilines is 1. The van der Waals surface area contributed by atoms with Gasteiger partial charge in [-0.2, -0.15) is 18.4 Å². The third kappa shape index (κ3) is 4.97. The normalized spacial score (nSPS) is 18.5. The van der Waals surface area contributed by atoms with Gasteiger partial charge in [0.05, 0.1) is 34.3 Å². The maximum absolute atomic E-state index is 14.6. The van der Waals surface area contributed by atoms with Crippen LogP contribution < -0.4 is 5.32 Å². The van der Waals surface area contributed by atoms with Gasteiger partial charge in [0, 0.05) is 37.3 Å². The molecule has 7 nitrogen and oxygen atoms in total. The van der Waals surface area contributed by atoms with Crippen LogP contribution in [0.1, 0.15) is 58.6 Å². The highest BCUT2D eigenvalue weighted by atomic mass is 32.2. The fourth-order valence-electron chi connectivity index (χ4n) is 5.39. The van der Waals surface area contributed by atoms with Crippen molar-refractivity contribution in [1.29, 1.82) is 5.26 Å². The van der Waals surface area contributed by atoms with Crippen molar-refractivity contribution in [2.75, 3.05) is 24.2 Å². The predicted octanol–water partition coefficient (Wildman–Crippen LogP) is 5.32. The van der Waals surface area contributed by atoms with Gasteiger partial charge in [-0.25, -0.2) is 4.98 Å². The number of carbonyl (C=O) groups excluding carboxylic acids is 2. The maximum Gasteiger partial charge on any atom is 0.419 e. The molecule has 38 heavy (non-hydrogen) atoms. The number of aryl methyl sites for hydroxylation is 1. The van der Waals surface area contributed by atoms with Crippen molar-refractivity contribution >= 4 is 40.3 Å². The number of pyridine rings is 1. The Labute approximate surface area is 222 Å². The van der Waals surface area contributed by atoms with Crippen molar-refractivity contribution in [3.8, 4) is 6.07 Å². The van der Waals surface area contributed by atoms with Crippen LogP contribution in [0.3, 0.4) is 0 Å². The first-order valence-corrected chi connectivity index (χ1v) is 13.5. The molecular weight excluding hydrogens is 515 g/mol. The number of hydrogen-bond donors (Lipinski definition) is 1. The number of fused-ring (bicyclic) bond motifs is 1. The number of nitrogens with one attached hydrogen (secondary N) is 1. The summed E-state index contributed by atoms with van der Waals surface area (Å²) >= 11 is 1.68. The zero-order valence-corrected chi connectivity index (χ0v) is 21.5. The molecule has 5 rings (SSSR count). The number of carbonyl (C=O) groups is 2. The first-order chi connectivity index (χ1) is 18.2. The molecule has 1 N–H and O–H groups in total. The summed E-state index contributed by atoms with van der Waals surface area (Å²) in [6.45, 7) is 0.995. The molecule has 1 aromatic carbocycles. The maximum atomic E-state index is 14.6. The number of amides is 2. The van der Waals surface area contributed by atoms with Crippen molar-refractivity contribution in [2.45, 2.75) is 43.0 Å². The number of thioether (sulfide) groups is 1. The molecule has 2 fully saturated rings. The summed E-state index contributed by atoms with van der Waals surface area (Å²) in [4.78, 5) is 31.8. The Balaban J connectivity index is 1.47. The Morgan fingerprint density at radius 2 is 1.97 bits per heavy atom. The van der Waals surface area contributed by atoms with Crippen molar-refractivity contribution < 1.29 is 22.8 Å². The molecule has 2 aliphatic rings. The van der Waals surface area contributed by atoms with Crippen LogP contribution in [0.25, 0.3) is 11.0 Å². The standard InChI is InChI=1S/C27H26F3N5O2S/c1-34-15-19(17-7-9-35(10-8-17)26(37)21-6-3-11-38-21)22-23(27(28,29)30)20(14-32-24(22)34)33-25(36)18-5-2-4-16(12-18)13-31/h2,4-5,12,14-15,17,21H,3,6-11H2,1H3,(H,33,36)/t21-/m0/s1. The summed E-state index contributed by atoms with van der Waals surface area (Å²) in [6.07, 6.45) is 0.969. The number of aromatic nitrogens is 2. The molecule has 2 saturated heterocycles. The fraction of sp³-hybridized carbons (Fsp3) is 0.407. The SMILES string of the molecule is Cn1cc(C2CCN(C(=O)[C@@H]3CCCS3)CC2)c2c(C(F)(F)F)c(NC(=O)c3cccc(C#N)c3)cnc21. The number of benzene rings is 1. The Morgan fingerprint density at radius 3 is 2.63 bits per heavy atom. The predicted molar refractivity (Wildman–Crippen MR) is 139 cm³/mol. The summed E-state index contributed by atoms with van der Waals surface area (Å²) in [5.74, 6) is 0.175. The highest BCUT2D eigenvalue weighted by Crippen LogP contribution is 2.44. The molecule has 2 amide bonds. The first kappa shape index (κ1) is 26.1. The van der Waals surface area contributed by atoms with Gasteiger partial charge in [0.15, 0.2) is 0 Å². The minimum Gasteiger partial charge on any atom is -0.342 e. The third-order valence-electron chi connectivity index (χ3n) is 7.25. The molecule has 1 atom stereocenters. The van der Waals surface area contributed by atoms with E-state index in [4.69, 9.17) is 5.26 Å². The summed E-state index contributed by atoms with van der Waals surface area (Å²) in [5, 5.41) is 11.4. The van der Waals surface area contributed by atoms with Crippen LogP contribution in [0.4, 0.5) is 18.9 Å². The smallest absolute Gasteiger partial charge is 0.342 e. The number of nitriles is 1. The van der Waals surface area contributed by atoms with Crippen LogP contribution in [-0.2, 0) is 18.0 Å². The van der Waals surface area contributed by atoms with E-state index < -0.39 is 23.3 Å². The quantitative estimate of drug-likeness (QED) is 0.483. The van der Waals surface area contributed by atoms with Crippen LogP contribution in [0.5, 0.6) is 0 Å². The average molecular weight is 542 g/mol. The monoisotopic (exact) mass is 541 g/mol. The number of alkyl halides is 3. The van der Waals surface area contributed by atoms with E-state index in [1.165, 1.54) is 24.3 Å². The van der Waals surface area contributed by atoms with E-state index in [9.17, 15) is 22.8 Å². The molecule has 0 aliphatic carbocycles. The number of nitrogens with zero attached hydrogens (tertiary/aromatic N) is 4. The highest BCUT2D eigenvalue weighted by Gasteiger charge is 2.40. The van der Waals surface area contributed by atoms with E-state index in [1.807, 2.05) is 11.0 Å². The van der Waals surface area contributed by atoms with Gasteiger partial charge < -0.3 is 14.8 Å². The van der Waals surface area contributed by atoms with Crippen molar-refractivity contribution in [1.82, 2.24) is 14.5 Å². The van der Waals surface area contributed by atoms with Gasteiger partial charge in [-0.05, 0) is 61.1 Å². The van der Waals surface area contributed by atoms with E-state index >= 15 is 0 Å². The van der Waals surface area contributed by atoms with Gasteiger partial charge >= 0.3 is 6.18 Å². The second kappa shape index (κ2) is 10.3. The van der Waals surface area contributed by atoms with Crippen molar-refractivity contribution in [2.24, 2.45) is 7.05 Å². The van der Waals surface area contributed by atoms with E-state index in [0.29, 0.717) is 31.5 Å². The molecule has 3 aromatic rings. The van der Waals surface area contributed by atoms with E-state index in [0.717, 1.165) is 24.8 Å². The minimum atomic E-state index is -4.76. The Morgan fingerprint density at radius 1 is 1.21 bits per heavy atom. The lowest BCUT2D eigenvalue weighted by Gasteiger charge is -2.33. The Bertz CT molecular complexity index is 1430. The molecule has 0 spiro atoms. The fourth-order valence-corrected chi connectivity index (χ4v) is 6.63. The average Bonchev–Trinajstić information content (AvgIpc) is 3.56. The lowest BCUT2D eigenvalue weighted by molar-refractivity contribution is -0.135. The lowest BCUT2D eigenvalue weighted by atomic mass is 9.88. The molecule has 0 bridgehead atoms. The van der Waals surface area contributed by atoms with Crippen molar-refractivity contribution in [3.05, 3.63) is 58.9 Å². The summed E-state index contributed by atoms with van der Waals surface area (Å²) in [7, 11) is 1.65. The number of piperidine rings is 1. The van der Waals surface area contributed by atoms with Gasteiger partial charge in [0.25, 0.3) is 5.91 Å². The largest absolute Gasteiger partial charge is 0.419 e. The third-order valence-corrected chi connectivity index (χ3v) is 8.62. The molecule has 2 aromatic heterocycles. The first-order valence-electron chi connectivity index (χ1n) is 12.4. The van der Waals surface area contributed by atoms with Crippen LogP contribution in [0, 0.1) is 11.3 Å². The molecule has 2 aliphatic heterocycles. The van der Waals surface area contributed by atoms with Gasteiger partial charge in [-0.15, -0.1) is 11.8 Å². The topological polar surface area (TPSA) is 91.0 Å². The zero-order chi connectivity index (χ0) is 27.0. The van der Waals surface area contributed by atoms with Gasteiger partial charge in [0.1, 0.15) is 5.65 Å². The molecular formula is C27H26F3N5O2S. The van der Waals surface area contributed by atoms with E-state index in [-0.39, 0.29) is 39.2 Å². The Kier molecular flexibility index (Phi) is 7.09. The minimum absolute atomic E-state index is 0.00911. The molecule has 198 valence electrons. The highest BCUT2D eigenvalue weighted by molar-refractivity contribution is 8.00. The molecule has 11 heteroatoms. The van der Waals surface area contributed by atoms with Crippen molar-refractivity contribution in [3.63, 3.8) is 0 Å². The summed E-state index contributed by atoms with van der Waals surface area (Å²) in [5.41, 5.74) is -0.378. The molecule has 0 radical (unpaired) electrons. The van der Waals surface area contributed by atoms with Crippen LogP contribution in [0.15, 0.2) is 36.7 Å². The van der Waals surface area contributed by atoms with Crippen LogP contribution in [0.2, 0.25) is 0 Å². The lowest BCUT2D eigenvalue weighted by Crippen LogP contribution is -2.42. The second-order valence-corrected chi connectivity index (χ2v) is 11.0. The van der Waals surface area contributed by atoms with Gasteiger partial charge in [-0.3, -0.25) is 9.59 Å². The number of likely N-dealkylation sites (tertiary alicyclic amines) is 1. The number of halogens is 3. The molecule has 0 saturated carbocycles. The summed E-state index contributed by atoms with van der Waals surface area (Å²) < 4.78 is 45.3. The van der Waals surface area contributed by atoms with Gasteiger partial charge in [-0.1, -0.05) is 6.07 Å². The summed E-state index contributed by atoms with van der Waals surface area (Å²) in [6, 6.07) is 7.68. The van der Waals surface area contributed by atoms with E-state index in [1.54, 1.807) is 29.6 Å². The molecule has 0 unspecified atom stereocenters. The second-order valence-electron chi connectivity index (χ2n) is 9.69. The van der Waals surface area contributed by atoms with Gasteiger partial charge in [0.2, 0.25) is 5.91 Å². The zero-order valence-electron chi connectivity index (χ0n) is 20.7. The Hall–Kier alpha value is -3.52. The van der Waals surface area contributed by atoms with Crippen LogP contribution >= 0.6 is 11.8 Å². The molecule has 4 heterocycles. The van der Waals surface area contributed by atoms with Crippen LogP contribution in [-0.4, -0.2) is 50.4 Å².